The van der Waals surface area contributed by atoms with Crippen LogP contribution >= 0.6 is 23.4 Å². The molecule has 1 heterocycles. The van der Waals surface area contributed by atoms with Gasteiger partial charge in [0, 0.05) is 0 Å². The average Bonchev–Trinajstić information content (AvgIpc) is 2.41. The van der Waals surface area contributed by atoms with E-state index in [1.165, 1.54) is 17.8 Å². The number of ether oxygens (including phenoxy) is 1. The molecule has 2 rings (SSSR count). The van der Waals surface area contributed by atoms with Gasteiger partial charge in [0.05, 0.1) is 17.0 Å². The molecule has 0 spiro atoms. The lowest BCUT2D eigenvalue weighted by molar-refractivity contribution is 0.0690. The number of carboxylic acid groups (broad SMARTS) is 1. The molecule has 0 fully saturated rings. The predicted molar refractivity (Wildman–Crippen MR) is 73.3 cm³/mol. The maximum Gasteiger partial charge on any atom is 0.356 e. The van der Waals surface area contributed by atoms with Gasteiger partial charge in [-0.3, -0.25) is 0 Å². The van der Waals surface area contributed by atoms with Crippen molar-refractivity contribution in [2.75, 3.05) is 7.11 Å². The smallest absolute Gasteiger partial charge is 0.356 e. The first-order chi connectivity index (χ1) is 9.11. The maximum absolute atomic E-state index is 11.0. The predicted octanol–water partition coefficient (Wildman–Crippen LogP) is 3.59. The lowest BCUT2D eigenvalue weighted by atomic mass is 10.3. The van der Waals surface area contributed by atoms with Gasteiger partial charge in [0.2, 0.25) is 0 Å². The molecule has 0 aliphatic heterocycles. The lowest BCUT2D eigenvalue weighted by Gasteiger charge is -2.07. The van der Waals surface area contributed by atoms with E-state index in [2.05, 4.69) is 4.98 Å². The van der Waals surface area contributed by atoms with Gasteiger partial charge in [-0.25, -0.2) is 9.78 Å². The second-order valence-electron chi connectivity index (χ2n) is 3.54. The molecule has 0 radical (unpaired) electrons. The average molecular weight is 296 g/mol. The number of benzene rings is 1. The number of carbonyl (C=O) groups is 1. The van der Waals surface area contributed by atoms with Crippen LogP contribution in [-0.2, 0) is 0 Å². The summed E-state index contributed by atoms with van der Waals surface area (Å²) in [5.41, 5.74) is -0.151. The highest BCUT2D eigenvalue weighted by atomic mass is 35.5. The second kappa shape index (κ2) is 5.95. The van der Waals surface area contributed by atoms with Crippen LogP contribution < -0.4 is 4.74 Å². The minimum atomic E-state index is -1.15. The Hall–Kier alpha value is -1.72. The molecular formula is C13H10ClNO3S. The molecule has 0 aliphatic carbocycles. The zero-order valence-corrected chi connectivity index (χ0v) is 11.5. The lowest BCUT2D eigenvalue weighted by Crippen LogP contribution is -2.01. The monoisotopic (exact) mass is 295 g/mol. The van der Waals surface area contributed by atoms with Crippen molar-refractivity contribution in [1.82, 2.24) is 4.98 Å². The van der Waals surface area contributed by atoms with Crippen molar-refractivity contribution < 1.29 is 14.6 Å². The third-order valence-electron chi connectivity index (χ3n) is 2.31. The minimum absolute atomic E-state index is 0.122. The first kappa shape index (κ1) is 13.7. The summed E-state index contributed by atoms with van der Waals surface area (Å²) in [6.07, 6.45) is 0. The molecule has 0 amide bonds. The number of methoxy groups -OCH3 is 1. The van der Waals surface area contributed by atoms with Crippen molar-refractivity contribution in [2.45, 2.75) is 9.92 Å². The minimum Gasteiger partial charge on any atom is -0.496 e. The molecule has 2 aromatic rings. The van der Waals surface area contributed by atoms with Gasteiger partial charge in [0.25, 0.3) is 0 Å². The summed E-state index contributed by atoms with van der Waals surface area (Å²) in [5.74, 6) is -0.436. The summed E-state index contributed by atoms with van der Waals surface area (Å²) in [6.45, 7) is 0. The molecule has 1 N–H and O–H groups in total. The number of hydrogen-bond acceptors (Lipinski definition) is 4. The number of aromatic nitrogens is 1. The molecule has 1 aromatic heterocycles. The third-order valence-corrected chi connectivity index (χ3v) is 3.61. The van der Waals surface area contributed by atoms with Gasteiger partial charge in [-0.1, -0.05) is 35.5 Å². The van der Waals surface area contributed by atoms with Crippen LogP contribution in [0.25, 0.3) is 0 Å². The number of hydrogen-bond donors (Lipinski definition) is 1. The Balaban J connectivity index is 2.33. The van der Waals surface area contributed by atoms with E-state index in [1.807, 2.05) is 24.3 Å². The summed E-state index contributed by atoms with van der Waals surface area (Å²) < 4.78 is 5.23. The molecule has 0 unspecified atom stereocenters. The van der Waals surface area contributed by atoms with Gasteiger partial charge >= 0.3 is 5.97 Å². The van der Waals surface area contributed by atoms with Gasteiger partial charge in [0.15, 0.2) is 5.69 Å². The Morgan fingerprint density at radius 2 is 2.05 bits per heavy atom. The van der Waals surface area contributed by atoms with Crippen LogP contribution in [0.5, 0.6) is 5.75 Å². The first-order valence-corrected chi connectivity index (χ1v) is 6.52. The zero-order valence-electron chi connectivity index (χ0n) is 9.96. The standard InChI is InChI=1S/C13H10ClNO3S/c1-18-9-4-2-3-5-10(9)19-11-7-6-8(14)12(15-11)13(16)17/h2-7H,1H3,(H,16,17). The number of pyridine rings is 1. The Labute approximate surface area is 119 Å². The highest BCUT2D eigenvalue weighted by molar-refractivity contribution is 7.99. The molecule has 0 atom stereocenters. The van der Waals surface area contributed by atoms with Crippen LogP contribution in [0, 0.1) is 0 Å². The third kappa shape index (κ3) is 3.19. The van der Waals surface area contributed by atoms with Crippen LogP contribution in [0.4, 0.5) is 0 Å². The molecule has 1 aromatic carbocycles. The fraction of sp³-hybridized carbons (Fsp3) is 0.0769. The highest BCUT2D eigenvalue weighted by Gasteiger charge is 2.13. The first-order valence-electron chi connectivity index (χ1n) is 5.32. The Morgan fingerprint density at radius 3 is 2.74 bits per heavy atom. The molecule has 0 saturated carbocycles. The number of carboxylic acids is 1. The van der Waals surface area contributed by atoms with Crippen LogP contribution in [0.3, 0.4) is 0 Å². The van der Waals surface area contributed by atoms with E-state index < -0.39 is 5.97 Å². The summed E-state index contributed by atoms with van der Waals surface area (Å²) >= 11 is 7.10. The van der Waals surface area contributed by atoms with E-state index in [0.29, 0.717) is 10.8 Å². The van der Waals surface area contributed by atoms with E-state index in [4.69, 9.17) is 21.4 Å². The second-order valence-corrected chi connectivity index (χ2v) is 5.01. The Bertz CT molecular complexity index is 619. The van der Waals surface area contributed by atoms with E-state index >= 15 is 0 Å². The van der Waals surface area contributed by atoms with Crippen LogP contribution in [0.2, 0.25) is 5.02 Å². The SMILES string of the molecule is COc1ccccc1Sc1ccc(Cl)c(C(=O)O)n1. The summed E-state index contributed by atoms with van der Waals surface area (Å²) in [4.78, 5) is 15.8. The van der Waals surface area contributed by atoms with Crippen molar-refractivity contribution in [3.05, 3.63) is 47.1 Å². The van der Waals surface area contributed by atoms with E-state index in [0.717, 1.165) is 4.90 Å². The Morgan fingerprint density at radius 1 is 1.32 bits per heavy atom. The Kier molecular flexibility index (Phi) is 4.29. The van der Waals surface area contributed by atoms with Gasteiger partial charge in [0.1, 0.15) is 10.8 Å². The fourth-order valence-electron chi connectivity index (χ4n) is 1.45. The molecule has 0 aliphatic rings. The number of rotatable bonds is 4. The van der Waals surface area contributed by atoms with Crippen molar-refractivity contribution in [1.29, 1.82) is 0 Å². The number of aromatic carboxylic acids is 1. The molecule has 19 heavy (non-hydrogen) atoms. The highest BCUT2D eigenvalue weighted by Crippen LogP contribution is 2.34. The normalized spacial score (nSPS) is 10.2. The molecule has 98 valence electrons. The quantitative estimate of drug-likeness (QED) is 0.934. The van der Waals surface area contributed by atoms with Crippen molar-refractivity contribution in [2.24, 2.45) is 0 Å². The molecule has 4 nitrogen and oxygen atoms in total. The van der Waals surface area contributed by atoms with Crippen LogP contribution in [-0.4, -0.2) is 23.2 Å². The van der Waals surface area contributed by atoms with Gasteiger partial charge in [-0.2, -0.15) is 0 Å². The van der Waals surface area contributed by atoms with E-state index in [1.54, 1.807) is 13.2 Å². The van der Waals surface area contributed by atoms with Gasteiger partial charge in [-0.05, 0) is 24.3 Å². The van der Waals surface area contributed by atoms with E-state index in [-0.39, 0.29) is 10.7 Å². The molecule has 6 heteroatoms. The van der Waals surface area contributed by atoms with E-state index in [9.17, 15) is 4.79 Å². The van der Waals surface area contributed by atoms with Crippen molar-refractivity contribution in [3.8, 4) is 5.75 Å². The topological polar surface area (TPSA) is 59.4 Å². The maximum atomic E-state index is 11.0. The van der Waals surface area contributed by atoms with Crippen LogP contribution in [0.15, 0.2) is 46.3 Å². The molecular weight excluding hydrogens is 286 g/mol. The zero-order chi connectivity index (χ0) is 13.8. The summed E-state index contributed by atoms with van der Waals surface area (Å²) in [7, 11) is 1.58. The van der Waals surface area contributed by atoms with Crippen molar-refractivity contribution >= 4 is 29.3 Å². The fourth-order valence-corrected chi connectivity index (χ4v) is 2.53. The van der Waals surface area contributed by atoms with Crippen LogP contribution in [0.1, 0.15) is 10.5 Å². The summed E-state index contributed by atoms with van der Waals surface area (Å²) in [5, 5.41) is 9.65. The van der Waals surface area contributed by atoms with Gasteiger partial charge in [-0.15, -0.1) is 0 Å². The van der Waals surface area contributed by atoms with Gasteiger partial charge < -0.3 is 9.84 Å². The largest absolute Gasteiger partial charge is 0.496 e. The number of nitrogens with zero attached hydrogens (tertiary/aromatic N) is 1. The summed E-state index contributed by atoms with van der Waals surface area (Å²) in [6, 6.07) is 10.6. The number of halogens is 1. The molecule has 0 saturated heterocycles. The number of para-hydroxylation sites is 1. The van der Waals surface area contributed by atoms with Crippen molar-refractivity contribution in [3.63, 3.8) is 0 Å². The molecule has 0 bridgehead atoms.